The molecule has 0 aliphatic heterocycles. The Morgan fingerprint density at radius 1 is 1.20 bits per heavy atom. The number of allylic oxidation sites excluding steroid dienone is 1. The summed E-state index contributed by atoms with van der Waals surface area (Å²) in [6, 6.07) is 8.22. The fourth-order valence-corrected chi connectivity index (χ4v) is 3.65. The number of H-pyrrole nitrogens is 1. The van der Waals surface area contributed by atoms with Crippen LogP contribution in [0.25, 0.3) is 6.08 Å². The molecule has 0 spiro atoms. The maximum Gasteiger partial charge on any atom is 0.221 e. The molecule has 1 heterocycles. The summed E-state index contributed by atoms with van der Waals surface area (Å²) in [7, 11) is 0. The third kappa shape index (κ3) is 4.44. The van der Waals surface area contributed by atoms with Gasteiger partial charge in [-0.25, -0.2) is 4.98 Å². The number of imidazole rings is 1. The lowest BCUT2D eigenvalue weighted by Gasteiger charge is -2.31. The van der Waals surface area contributed by atoms with Gasteiger partial charge in [-0.2, -0.15) is 0 Å². The van der Waals surface area contributed by atoms with Crippen molar-refractivity contribution in [3.05, 3.63) is 59.7 Å². The number of ketones is 1. The van der Waals surface area contributed by atoms with Crippen molar-refractivity contribution in [3.8, 4) is 0 Å². The monoisotopic (exact) mass is 337 g/mol. The van der Waals surface area contributed by atoms with Crippen LogP contribution < -0.4 is 5.73 Å². The number of amides is 1. The summed E-state index contributed by atoms with van der Waals surface area (Å²) in [5.41, 5.74) is 7.62. The minimum Gasteiger partial charge on any atom is -0.370 e. The molecule has 1 aliphatic rings. The van der Waals surface area contributed by atoms with Crippen molar-refractivity contribution < 1.29 is 9.59 Å². The molecule has 1 aromatic heterocycles. The van der Waals surface area contributed by atoms with E-state index in [1.165, 1.54) is 24.5 Å². The second kappa shape index (κ2) is 7.92. The third-order valence-corrected chi connectivity index (χ3v) is 4.90. The summed E-state index contributed by atoms with van der Waals surface area (Å²) in [6.07, 6.45) is 11.5. The SMILES string of the molecule is NC(=O)CC1CCCCC1c1ccc(/C=C/C(=O)c2ncc[nH]2)cc1. The molecule has 3 rings (SSSR count). The minimum atomic E-state index is -0.215. The smallest absolute Gasteiger partial charge is 0.221 e. The normalized spacial score (nSPS) is 20.6. The maximum atomic E-state index is 11.9. The highest BCUT2D eigenvalue weighted by molar-refractivity contribution is 6.04. The summed E-state index contributed by atoms with van der Waals surface area (Å²) < 4.78 is 0. The quantitative estimate of drug-likeness (QED) is 0.625. The van der Waals surface area contributed by atoms with E-state index in [1.807, 2.05) is 12.1 Å². The predicted octanol–water partition coefficient (Wildman–Crippen LogP) is 3.46. The van der Waals surface area contributed by atoms with Crippen molar-refractivity contribution in [2.24, 2.45) is 11.7 Å². The number of carbonyl (C=O) groups is 2. The first-order valence-electron chi connectivity index (χ1n) is 8.73. The van der Waals surface area contributed by atoms with Crippen LogP contribution in [0.1, 0.15) is 59.8 Å². The van der Waals surface area contributed by atoms with E-state index in [0.717, 1.165) is 18.4 Å². The van der Waals surface area contributed by atoms with Gasteiger partial charge in [0, 0.05) is 18.8 Å². The van der Waals surface area contributed by atoms with Crippen LogP contribution in [0.3, 0.4) is 0 Å². The second-order valence-corrected chi connectivity index (χ2v) is 6.62. The van der Waals surface area contributed by atoms with Gasteiger partial charge in [0.25, 0.3) is 0 Å². The first-order valence-corrected chi connectivity index (χ1v) is 8.73. The number of nitrogens with zero attached hydrogens (tertiary/aromatic N) is 1. The van der Waals surface area contributed by atoms with Gasteiger partial charge in [0.15, 0.2) is 5.82 Å². The number of hydrogen-bond donors (Lipinski definition) is 2. The number of aromatic nitrogens is 2. The fourth-order valence-electron chi connectivity index (χ4n) is 3.65. The third-order valence-electron chi connectivity index (χ3n) is 4.90. The molecule has 1 aromatic carbocycles. The lowest BCUT2D eigenvalue weighted by molar-refractivity contribution is -0.119. The molecule has 5 heteroatoms. The van der Waals surface area contributed by atoms with Crippen LogP contribution in [0, 0.1) is 5.92 Å². The molecule has 1 aliphatic carbocycles. The summed E-state index contributed by atoms with van der Waals surface area (Å²) in [5.74, 6) is 0.706. The highest BCUT2D eigenvalue weighted by Crippen LogP contribution is 2.39. The highest BCUT2D eigenvalue weighted by atomic mass is 16.1. The number of benzene rings is 1. The number of nitrogens with two attached hydrogens (primary N) is 1. The van der Waals surface area contributed by atoms with Crippen LogP contribution in [0.5, 0.6) is 0 Å². The molecule has 0 saturated heterocycles. The average molecular weight is 337 g/mol. The number of carbonyl (C=O) groups excluding carboxylic acids is 2. The average Bonchev–Trinajstić information content (AvgIpc) is 3.15. The Balaban J connectivity index is 1.68. The molecule has 1 saturated carbocycles. The van der Waals surface area contributed by atoms with E-state index in [9.17, 15) is 9.59 Å². The van der Waals surface area contributed by atoms with Crippen molar-refractivity contribution in [1.29, 1.82) is 0 Å². The molecular weight excluding hydrogens is 314 g/mol. The van der Waals surface area contributed by atoms with Crippen LogP contribution in [-0.2, 0) is 4.79 Å². The van der Waals surface area contributed by atoms with Crippen molar-refractivity contribution in [3.63, 3.8) is 0 Å². The van der Waals surface area contributed by atoms with E-state index < -0.39 is 0 Å². The Morgan fingerprint density at radius 3 is 2.64 bits per heavy atom. The molecule has 130 valence electrons. The Morgan fingerprint density at radius 2 is 1.96 bits per heavy atom. The van der Waals surface area contributed by atoms with E-state index in [-0.39, 0.29) is 11.7 Å². The molecule has 2 aromatic rings. The lowest BCUT2D eigenvalue weighted by atomic mass is 9.74. The summed E-state index contributed by atoms with van der Waals surface area (Å²) >= 11 is 0. The Hall–Kier alpha value is -2.69. The molecule has 3 N–H and O–H groups in total. The van der Waals surface area contributed by atoms with Crippen LogP contribution in [0.4, 0.5) is 0 Å². The van der Waals surface area contributed by atoms with E-state index >= 15 is 0 Å². The molecule has 0 radical (unpaired) electrons. The largest absolute Gasteiger partial charge is 0.370 e. The molecule has 2 unspecified atom stereocenters. The van der Waals surface area contributed by atoms with Gasteiger partial charge < -0.3 is 10.7 Å². The number of rotatable bonds is 6. The van der Waals surface area contributed by atoms with E-state index in [1.54, 1.807) is 18.5 Å². The van der Waals surface area contributed by atoms with Gasteiger partial charge in [0.05, 0.1) is 0 Å². The van der Waals surface area contributed by atoms with Gasteiger partial charge in [0.1, 0.15) is 0 Å². The van der Waals surface area contributed by atoms with Crippen LogP contribution in [-0.4, -0.2) is 21.7 Å². The Kier molecular flexibility index (Phi) is 5.43. The van der Waals surface area contributed by atoms with Gasteiger partial charge in [-0.3, -0.25) is 9.59 Å². The fraction of sp³-hybridized carbons (Fsp3) is 0.350. The topological polar surface area (TPSA) is 88.8 Å². The van der Waals surface area contributed by atoms with Crippen LogP contribution in [0.2, 0.25) is 0 Å². The maximum absolute atomic E-state index is 11.9. The van der Waals surface area contributed by atoms with E-state index in [0.29, 0.717) is 24.1 Å². The van der Waals surface area contributed by atoms with Gasteiger partial charge in [-0.05, 0) is 41.9 Å². The summed E-state index contributed by atoms with van der Waals surface area (Å²) in [6.45, 7) is 0. The minimum absolute atomic E-state index is 0.150. The van der Waals surface area contributed by atoms with Gasteiger partial charge in [0.2, 0.25) is 11.7 Å². The first-order chi connectivity index (χ1) is 12.1. The van der Waals surface area contributed by atoms with Gasteiger partial charge in [-0.15, -0.1) is 0 Å². The van der Waals surface area contributed by atoms with Crippen LogP contribution >= 0.6 is 0 Å². The molecule has 1 amide bonds. The zero-order valence-electron chi connectivity index (χ0n) is 14.2. The van der Waals surface area contributed by atoms with Crippen molar-refractivity contribution in [1.82, 2.24) is 9.97 Å². The van der Waals surface area contributed by atoms with Crippen LogP contribution in [0.15, 0.2) is 42.7 Å². The Bertz CT molecular complexity index is 748. The molecule has 0 bridgehead atoms. The molecule has 5 nitrogen and oxygen atoms in total. The first kappa shape index (κ1) is 17.1. The van der Waals surface area contributed by atoms with Crippen molar-refractivity contribution in [2.45, 2.75) is 38.0 Å². The predicted molar refractivity (Wildman–Crippen MR) is 96.9 cm³/mol. The molecule has 1 fully saturated rings. The summed E-state index contributed by atoms with van der Waals surface area (Å²) in [4.78, 5) is 30.0. The number of primary amides is 1. The molecule has 2 atom stereocenters. The van der Waals surface area contributed by atoms with E-state index in [2.05, 4.69) is 22.1 Å². The molecular formula is C20H23N3O2. The molecule has 25 heavy (non-hydrogen) atoms. The van der Waals surface area contributed by atoms with Gasteiger partial charge in [-0.1, -0.05) is 43.2 Å². The zero-order valence-corrected chi connectivity index (χ0v) is 14.2. The van der Waals surface area contributed by atoms with Crippen molar-refractivity contribution in [2.75, 3.05) is 0 Å². The standard InChI is InChI=1S/C20H23N3O2/c21-19(25)13-16-3-1-2-4-17(16)15-8-5-14(6-9-15)7-10-18(24)20-22-11-12-23-20/h5-12,16-17H,1-4,13H2,(H2,21,25)(H,22,23)/b10-7+. The number of hydrogen-bond acceptors (Lipinski definition) is 3. The Labute approximate surface area is 147 Å². The lowest BCUT2D eigenvalue weighted by Crippen LogP contribution is -2.24. The number of aromatic amines is 1. The zero-order chi connectivity index (χ0) is 17.6. The highest BCUT2D eigenvalue weighted by Gasteiger charge is 2.27. The summed E-state index contributed by atoms with van der Waals surface area (Å²) in [5, 5.41) is 0. The van der Waals surface area contributed by atoms with E-state index in [4.69, 9.17) is 5.73 Å². The van der Waals surface area contributed by atoms with Gasteiger partial charge >= 0.3 is 0 Å². The van der Waals surface area contributed by atoms with Crippen molar-refractivity contribution >= 4 is 17.8 Å². The number of nitrogens with one attached hydrogen (secondary N) is 1. The second-order valence-electron chi connectivity index (χ2n) is 6.62.